The molecule has 0 spiro atoms. The van der Waals surface area contributed by atoms with Gasteiger partial charge in [0.15, 0.2) is 6.61 Å². The van der Waals surface area contributed by atoms with E-state index in [1.807, 2.05) is 6.92 Å². The second-order valence-corrected chi connectivity index (χ2v) is 8.16. The van der Waals surface area contributed by atoms with Crippen molar-refractivity contribution in [2.24, 2.45) is 0 Å². The zero-order chi connectivity index (χ0) is 21.6. The molecule has 1 amide bonds. The first-order chi connectivity index (χ1) is 13.6. The van der Waals surface area contributed by atoms with Crippen LogP contribution >= 0.6 is 0 Å². The Kier molecular flexibility index (Phi) is 7.29. The molecule has 10 heteroatoms. The van der Waals surface area contributed by atoms with E-state index in [1.54, 1.807) is 19.9 Å². The number of carbonyl (C=O) groups excluding carboxylic acids is 1. The van der Waals surface area contributed by atoms with Crippen molar-refractivity contribution in [3.8, 4) is 5.75 Å². The van der Waals surface area contributed by atoms with Gasteiger partial charge in [-0.05, 0) is 50.6 Å². The van der Waals surface area contributed by atoms with Crippen LogP contribution in [-0.4, -0.2) is 31.9 Å². The molecule has 0 radical (unpaired) electrons. The summed E-state index contributed by atoms with van der Waals surface area (Å²) in [5, 5.41) is 13.5. The quantitative estimate of drug-likeness (QED) is 0.473. The highest BCUT2D eigenvalue weighted by molar-refractivity contribution is 7.89. The SMILES string of the molecule is CC[C@@H](C)NS(=O)(=O)c1ccc(OCC(=O)Nc2cccc([N+](=O)[O-])c2C)cc1. The molecule has 2 rings (SSSR count). The molecule has 156 valence electrons. The van der Waals surface area contributed by atoms with Crippen LogP contribution in [-0.2, 0) is 14.8 Å². The topological polar surface area (TPSA) is 128 Å². The average Bonchev–Trinajstić information content (AvgIpc) is 2.67. The van der Waals surface area contributed by atoms with Gasteiger partial charge in [0, 0.05) is 12.1 Å². The van der Waals surface area contributed by atoms with E-state index in [-0.39, 0.29) is 23.2 Å². The van der Waals surface area contributed by atoms with E-state index in [2.05, 4.69) is 10.0 Å². The number of hydrogen-bond donors (Lipinski definition) is 2. The van der Waals surface area contributed by atoms with Crippen LogP contribution in [0.2, 0.25) is 0 Å². The number of carbonyl (C=O) groups is 1. The molecule has 2 aromatic carbocycles. The monoisotopic (exact) mass is 421 g/mol. The van der Waals surface area contributed by atoms with Crippen LogP contribution in [0.25, 0.3) is 0 Å². The second kappa shape index (κ2) is 9.48. The Bertz CT molecular complexity index is 990. The van der Waals surface area contributed by atoms with Crippen LogP contribution in [0.4, 0.5) is 11.4 Å². The van der Waals surface area contributed by atoms with E-state index in [0.717, 1.165) is 0 Å². The number of benzene rings is 2. The van der Waals surface area contributed by atoms with Gasteiger partial charge in [0.05, 0.1) is 21.1 Å². The molecule has 2 N–H and O–H groups in total. The fourth-order valence-electron chi connectivity index (χ4n) is 2.42. The first-order valence-corrected chi connectivity index (χ1v) is 10.4. The van der Waals surface area contributed by atoms with Crippen LogP contribution in [0.5, 0.6) is 5.75 Å². The van der Waals surface area contributed by atoms with E-state index in [4.69, 9.17) is 4.74 Å². The van der Waals surface area contributed by atoms with Crippen molar-refractivity contribution in [2.45, 2.75) is 38.1 Å². The van der Waals surface area contributed by atoms with Gasteiger partial charge >= 0.3 is 0 Å². The predicted octanol–water partition coefficient (Wildman–Crippen LogP) is 3.00. The number of nitro groups is 1. The number of nitro benzene ring substituents is 1. The normalized spacial score (nSPS) is 12.2. The highest BCUT2D eigenvalue weighted by Gasteiger charge is 2.17. The van der Waals surface area contributed by atoms with Gasteiger partial charge in [-0.1, -0.05) is 13.0 Å². The molecule has 29 heavy (non-hydrogen) atoms. The molecule has 0 unspecified atom stereocenters. The van der Waals surface area contributed by atoms with Crippen molar-refractivity contribution >= 4 is 27.3 Å². The van der Waals surface area contributed by atoms with Crippen molar-refractivity contribution < 1.29 is 22.9 Å². The van der Waals surface area contributed by atoms with Crippen LogP contribution in [0.1, 0.15) is 25.8 Å². The second-order valence-electron chi connectivity index (χ2n) is 6.45. The van der Waals surface area contributed by atoms with Gasteiger partial charge in [-0.2, -0.15) is 0 Å². The number of amides is 1. The summed E-state index contributed by atoms with van der Waals surface area (Å²) < 4.78 is 32.4. The van der Waals surface area contributed by atoms with Crippen molar-refractivity contribution in [2.75, 3.05) is 11.9 Å². The summed E-state index contributed by atoms with van der Waals surface area (Å²) in [4.78, 5) is 22.6. The minimum absolute atomic E-state index is 0.0912. The molecule has 0 aromatic heterocycles. The van der Waals surface area contributed by atoms with E-state index in [0.29, 0.717) is 23.4 Å². The highest BCUT2D eigenvalue weighted by atomic mass is 32.2. The molecule has 0 aliphatic heterocycles. The van der Waals surface area contributed by atoms with Gasteiger partial charge in [0.2, 0.25) is 10.0 Å². The summed E-state index contributed by atoms with van der Waals surface area (Å²) in [6.45, 7) is 4.86. The fourth-order valence-corrected chi connectivity index (χ4v) is 3.75. The van der Waals surface area contributed by atoms with Crippen LogP contribution in [0, 0.1) is 17.0 Å². The first kappa shape index (κ1) is 22.3. The Labute approximate surface area is 169 Å². The third kappa shape index (κ3) is 6.00. The molecule has 0 bridgehead atoms. The summed E-state index contributed by atoms with van der Waals surface area (Å²) in [6, 6.07) is 9.90. The van der Waals surface area contributed by atoms with Gasteiger partial charge in [-0.25, -0.2) is 13.1 Å². The maximum absolute atomic E-state index is 12.2. The summed E-state index contributed by atoms with van der Waals surface area (Å²) in [5.74, 6) is -0.179. The molecule has 0 heterocycles. The van der Waals surface area contributed by atoms with Crippen LogP contribution in [0.15, 0.2) is 47.4 Å². The molecule has 0 saturated heterocycles. The van der Waals surface area contributed by atoms with Crippen LogP contribution in [0.3, 0.4) is 0 Å². The van der Waals surface area contributed by atoms with Gasteiger partial charge in [-0.15, -0.1) is 0 Å². The Morgan fingerprint density at radius 3 is 2.45 bits per heavy atom. The number of ether oxygens (including phenoxy) is 1. The minimum atomic E-state index is -3.62. The van der Waals surface area contributed by atoms with E-state index in [1.165, 1.54) is 36.4 Å². The van der Waals surface area contributed by atoms with Crippen molar-refractivity contribution in [3.05, 3.63) is 58.1 Å². The maximum Gasteiger partial charge on any atom is 0.274 e. The zero-order valence-corrected chi connectivity index (χ0v) is 17.2. The number of sulfonamides is 1. The molecule has 0 aliphatic carbocycles. The smallest absolute Gasteiger partial charge is 0.274 e. The molecule has 0 fully saturated rings. The summed E-state index contributed by atoms with van der Waals surface area (Å²) in [5.41, 5.74) is 0.575. The van der Waals surface area contributed by atoms with E-state index in [9.17, 15) is 23.3 Å². The number of anilines is 1. The summed E-state index contributed by atoms with van der Waals surface area (Å²) in [6.07, 6.45) is 0.666. The van der Waals surface area contributed by atoms with Gasteiger partial charge in [0.1, 0.15) is 5.75 Å². The van der Waals surface area contributed by atoms with Crippen molar-refractivity contribution in [1.29, 1.82) is 0 Å². The summed E-state index contributed by atoms with van der Waals surface area (Å²) >= 11 is 0. The Morgan fingerprint density at radius 2 is 1.86 bits per heavy atom. The lowest BCUT2D eigenvalue weighted by Gasteiger charge is -2.13. The Balaban J connectivity index is 1.98. The fraction of sp³-hybridized carbons (Fsp3) is 0.316. The number of rotatable bonds is 9. The number of nitrogens with one attached hydrogen (secondary N) is 2. The molecule has 1 atom stereocenters. The van der Waals surface area contributed by atoms with Gasteiger partial charge in [-0.3, -0.25) is 14.9 Å². The standard InChI is InChI=1S/C19H23N3O6S/c1-4-13(2)21-29(26,27)16-10-8-15(9-11-16)28-12-19(23)20-17-6-5-7-18(14(17)3)22(24)25/h5-11,13,21H,4,12H2,1-3H3,(H,20,23)/t13-/m1/s1. The Hall–Kier alpha value is -2.98. The largest absolute Gasteiger partial charge is 0.484 e. The molecule has 9 nitrogen and oxygen atoms in total. The highest BCUT2D eigenvalue weighted by Crippen LogP contribution is 2.25. The Morgan fingerprint density at radius 1 is 1.21 bits per heavy atom. The molecule has 2 aromatic rings. The van der Waals surface area contributed by atoms with Crippen LogP contribution < -0.4 is 14.8 Å². The molecular weight excluding hydrogens is 398 g/mol. The molecular formula is C19H23N3O6S. The van der Waals surface area contributed by atoms with Gasteiger partial charge < -0.3 is 10.1 Å². The number of hydrogen-bond acceptors (Lipinski definition) is 6. The zero-order valence-electron chi connectivity index (χ0n) is 16.3. The van der Waals surface area contributed by atoms with E-state index >= 15 is 0 Å². The lowest BCUT2D eigenvalue weighted by atomic mass is 10.1. The van der Waals surface area contributed by atoms with E-state index < -0.39 is 20.9 Å². The van der Waals surface area contributed by atoms with Crippen molar-refractivity contribution in [1.82, 2.24) is 4.72 Å². The third-order valence-electron chi connectivity index (χ3n) is 4.25. The third-order valence-corrected chi connectivity index (χ3v) is 5.85. The predicted molar refractivity (Wildman–Crippen MR) is 108 cm³/mol. The lowest BCUT2D eigenvalue weighted by Crippen LogP contribution is -2.31. The lowest BCUT2D eigenvalue weighted by molar-refractivity contribution is -0.385. The average molecular weight is 421 g/mol. The van der Waals surface area contributed by atoms with Crippen molar-refractivity contribution in [3.63, 3.8) is 0 Å². The minimum Gasteiger partial charge on any atom is -0.484 e. The molecule has 0 saturated carbocycles. The molecule has 0 aliphatic rings. The number of nitrogens with zero attached hydrogens (tertiary/aromatic N) is 1. The van der Waals surface area contributed by atoms with Gasteiger partial charge in [0.25, 0.3) is 11.6 Å². The summed E-state index contributed by atoms with van der Waals surface area (Å²) in [7, 11) is -3.62. The first-order valence-electron chi connectivity index (χ1n) is 8.93. The maximum atomic E-state index is 12.2.